The minimum atomic E-state index is 0.191. The second-order valence-electron chi connectivity index (χ2n) is 5.81. The van der Waals surface area contributed by atoms with Crippen molar-refractivity contribution in [2.75, 3.05) is 13.2 Å². The lowest BCUT2D eigenvalue weighted by molar-refractivity contribution is 0.340. The predicted octanol–water partition coefficient (Wildman–Crippen LogP) is 4.27. The van der Waals surface area contributed by atoms with Crippen LogP contribution in [-0.4, -0.2) is 18.7 Å². The lowest BCUT2D eigenvalue weighted by Gasteiger charge is -2.19. The van der Waals surface area contributed by atoms with Gasteiger partial charge in [0.1, 0.15) is 5.75 Å². The second kappa shape index (κ2) is 7.34. The summed E-state index contributed by atoms with van der Waals surface area (Å²) in [5, 5.41) is 3.49. The Balaban J connectivity index is 2.56. The van der Waals surface area contributed by atoms with Crippen molar-refractivity contribution in [2.24, 2.45) is 0 Å². The normalized spacial score (nSPS) is 12.6. The summed E-state index contributed by atoms with van der Waals surface area (Å²) in [4.78, 5) is 0. The molecule has 0 fully saturated rings. The first-order valence-corrected chi connectivity index (χ1v) is 7.07. The molecule has 106 valence electrons. The first-order valence-electron chi connectivity index (χ1n) is 7.07. The number of nitrogens with one attached hydrogen (secondary N) is 1. The van der Waals surface area contributed by atoms with E-state index in [0.717, 1.165) is 18.7 Å². The van der Waals surface area contributed by atoms with Crippen molar-refractivity contribution in [3.63, 3.8) is 0 Å². The minimum absolute atomic E-state index is 0.191. The van der Waals surface area contributed by atoms with Crippen molar-refractivity contribution < 1.29 is 4.74 Å². The Morgan fingerprint density at radius 1 is 1.32 bits per heavy atom. The summed E-state index contributed by atoms with van der Waals surface area (Å²) in [5.74, 6) is 0.945. The van der Waals surface area contributed by atoms with Crippen molar-refractivity contribution in [3.8, 4) is 5.75 Å². The molecule has 0 aliphatic rings. The molecule has 2 nitrogen and oxygen atoms in total. The highest BCUT2D eigenvalue weighted by Crippen LogP contribution is 2.20. The van der Waals surface area contributed by atoms with Gasteiger partial charge in [0.2, 0.25) is 0 Å². The van der Waals surface area contributed by atoms with E-state index < -0.39 is 0 Å². The highest BCUT2D eigenvalue weighted by Gasteiger charge is 2.06. The molecule has 0 saturated heterocycles. The second-order valence-corrected chi connectivity index (χ2v) is 5.81. The van der Waals surface area contributed by atoms with Crippen LogP contribution in [0.15, 0.2) is 30.3 Å². The number of rotatable bonds is 6. The molecule has 19 heavy (non-hydrogen) atoms. The quantitative estimate of drug-likeness (QED) is 0.772. The summed E-state index contributed by atoms with van der Waals surface area (Å²) in [7, 11) is 0. The van der Waals surface area contributed by atoms with Gasteiger partial charge >= 0.3 is 0 Å². The summed E-state index contributed by atoms with van der Waals surface area (Å²) >= 11 is 0. The topological polar surface area (TPSA) is 21.3 Å². The Morgan fingerprint density at radius 3 is 2.68 bits per heavy atom. The van der Waals surface area contributed by atoms with Crippen molar-refractivity contribution >= 4 is 5.57 Å². The minimum Gasteiger partial charge on any atom is -0.494 e. The third-order valence-electron chi connectivity index (χ3n) is 2.85. The Bertz CT molecular complexity index is 416. The first kappa shape index (κ1) is 15.8. The van der Waals surface area contributed by atoms with Gasteiger partial charge in [-0.3, -0.25) is 0 Å². The SMILES string of the molecule is CCOc1cccc(C(C)=CCCNC(C)(C)C)c1. The molecular weight excluding hydrogens is 234 g/mol. The van der Waals surface area contributed by atoms with Crippen LogP contribution in [0.2, 0.25) is 0 Å². The molecule has 0 spiro atoms. The fourth-order valence-corrected chi connectivity index (χ4v) is 1.85. The van der Waals surface area contributed by atoms with Gasteiger partial charge in [0.25, 0.3) is 0 Å². The standard InChI is InChI=1S/C17H27NO/c1-6-19-16-11-7-10-15(13-16)14(2)9-8-12-18-17(3,4)5/h7,9-11,13,18H,6,8,12H2,1-5H3. The highest BCUT2D eigenvalue weighted by atomic mass is 16.5. The zero-order valence-corrected chi connectivity index (χ0v) is 12.9. The van der Waals surface area contributed by atoms with E-state index in [1.54, 1.807) is 0 Å². The van der Waals surface area contributed by atoms with Crippen molar-refractivity contribution in [1.29, 1.82) is 0 Å². The zero-order valence-electron chi connectivity index (χ0n) is 12.9. The van der Waals surface area contributed by atoms with E-state index in [0.29, 0.717) is 6.61 Å². The number of benzene rings is 1. The van der Waals surface area contributed by atoms with Crippen LogP contribution in [0.4, 0.5) is 0 Å². The average Bonchev–Trinajstić information content (AvgIpc) is 2.34. The molecule has 0 heterocycles. The highest BCUT2D eigenvalue weighted by molar-refractivity contribution is 5.64. The van der Waals surface area contributed by atoms with Gasteiger partial charge in [0, 0.05) is 5.54 Å². The maximum Gasteiger partial charge on any atom is 0.119 e. The van der Waals surface area contributed by atoms with Gasteiger partial charge in [0.05, 0.1) is 6.61 Å². The Kier molecular flexibility index (Phi) is 6.10. The Labute approximate surface area is 117 Å². The third-order valence-corrected chi connectivity index (χ3v) is 2.85. The Hall–Kier alpha value is -1.28. The van der Waals surface area contributed by atoms with Crippen LogP contribution in [0.3, 0.4) is 0 Å². The van der Waals surface area contributed by atoms with Gasteiger partial charge in [-0.25, -0.2) is 0 Å². The summed E-state index contributed by atoms with van der Waals surface area (Å²) in [6.07, 6.45) is 3.33. The first-order chi connectivity index (χ1) is 8.92. The van der Waals surface area contributed by atoms with Gasteiger partial charge in [-0.15, -0.1) is 0 Å². The number of hydrogen-bond acceptors (Lipinski definition) is 2. The van der Waals surface area contributed by atoms with Crippen LogP contribution in [0.1, 0.15) is 46.6 Å². The van der Waals surface area contributed by atoms with Crippen LogP contribution in [0, 0.1) is 0 Å². The van der Waals surface area contributed by atoms with E-state index in [9.17, 15) is 0 Å². The van der Waals surface area contributed by atoms with E-state index in [1.807, 2.05) is 19.1 Å². The van der Waals surface area contributed by atoms with E-state index >= 15 is 0 Å². The maximum atomic E-state index is 5.53. The molecule has 0 amide bonds. The van der Waals surface area contributed by atoms with Gasteiger partial charge < -0.3 is 10.1 Å². The van der Waals surface area contributed by atoms with Gasteiger partial charge in [-0.1, -0.05) is 18.2 Å². The van der Waals surface area contributed by atoms with E-state index in [-0.39, 0.29) is 5.54 Å². The van der Waals surface area contributed by atoms with Crippen LogP contribution >= 0.6 is 0 Å². The molecule has 1 aromatic carbocycles. The van der Waals surface area contributed by atoms with Crippen molar-refractivity contribution in [2.45, 2.75) is 46.6 Å². The lowest BCUT2D eigenvalue weighted by Crippen LogP contribution is -2.36. The molecule has 0 aliphatic carbocycles. The molecule has 0 radical (unpaired) electrons. The largest absolute Gasteiger partial charge is 0.494 e. The molecule has 1 aromatic rings. The maximum absolute atomic E-state index is 5.53. The fraction of sp³-hybridized carbons (Fsp3) is 0.529. The monoisotopic (exact) mass is 261 g/mol. The molecular formula is C17H27NO. The molecule has 0 unspecified atom stereocenters. The van der Waals surface area contributed by atoms with Crippen molar-refractivity contribution in [1.82, 2.24) is 5.32 Å². The summed E-state index contributed by atoms with van der Waals surface area (Å²) in [5.41, 5.74) is 2.73. The molecule has 0 atom stereocenters. The molecule has 0 aliphatic heterocycles. The van der Waals surface area contributed by atoms with Gasteiger partial charge in [-0.05, 0) is 70.9 Å². The van der Waals surface area contributed by atoms with E-state index in [1.165, 1.54) is 11.1 Å². The van der Waals surface area contributed by atoms with Gasteiger partial charge in [-0.2, -0.15) is 0 Å². The van der Waals surface area contributed by atoms with E-state index in [4.69, 9.17) is 4.74 Å². The smallest absolute Gasteiger partial charge is 0.119 e. The summed E-state index contributed by atoms with van der Waals surface area (Å²) in [6.45, 7) is 12.4. The van der Waals surface area contributed by atoms with E-state index in [2.05, 4.69) is 51.2 Å². The number of ether oxygens (including phenoxy) is 1. The number of hydrogen-bond donors (Lipinski definition) is 1. The molecule has 1 N–H and O–H groups in total. The molecule has 0 saturated carbocycles. The van der Waals surface area contributed by atoms with Gasteiger partial charge in [0.15, 0.2) is 0 Å². The van der Waals surface area contributed by atoms with Crippen LogP contribution in [0.5, 0.6) is 5.75 Å². The van der Waals surface area contributed by atoms with Crippen LogP contribution in [-0.2, 0) is 0 Å². The molecule has 2 heteroatoms. The fourth-order valence-electron chi connectivity index (χ4n) is 1.85. The molecule has 0 bridgehead atoms. The predicted molar refractivity (Wildman–Crippen MR) is 83.6 cm³/mol. The zero-order chi connectivity index (χ0) is 14.3. The summed E-state index contributed by atoms with van der Waals surface area (Å²) < 4.78 is 5.53. The number of allylic oxidation sites excluding steroid dienone is 1. The lowest BCUT2D eigenvalue weighted by atomic mass is 10.1. The molecule has 1 rings (SSSR count). The van der Waals surface area contributed by atoms with Crippen LogP contribution in [0.25, 0.3) is 5.57 Å². The molecule has 0 aromatic heterocycles. The Morgan fingerprint density at radius 2 is 2.05 bits per heavy atom. The third kappa shape index (κ3) is 6.44. The van der Waals surface area contributed by atoms with Crippen LogP contribution < -0.4 is 10.1 Å². The van der Waals surface area contributed by atoms with Crippen molar-refractivity contribution in [3.05, 3.63) is 35.9 Å². The summed E-state index contributed by atoms with van der Waals surface area (Å²) in [6, 6.07) is 8.28. The average molecular weight is 261 g/mol.